The lowest BCUT2D eigenvalue weighted by atomic mass is 10.0. The quantitative estimate of drug-likeness (QED) is 0.151. The van der Waals surface area contributed by atoms with Gasteiger partial charge in [-0.1, -0.05) is 13.3 Å². The van der Waals surface area contributed by atoms with Crippen molar-refractivity contribution in [1.29, 1.82) is 0 Å². The van der Waals surface area contributed by atoms with E-state index in [4.69, 9.17) is 0 Å². The highest BCUT2D eigenvalue weighted by atomic mass is 32.2. The van der Waals surface area contributed by atoms with Gasteiger partial charge < -0.3 is 10.3 Å². The average molecular weight is 631 g/mol. The Labute approximate surface area is 256 Å². The van der Waals surface area contributed by atoms with Crippen LogP contribution in [0.15, 0.2) is 61.1 Å². The zero-order chi connectivity index (χ0) is 31.7. The standard InChI is InChI=1S/C31H28F2N8O3S/c1-3-4-5-25(42)37-21-13-19(15-34-16-21)22-6-7-23-26(27(22)33)30(41-40-23)31-38-24-8-9-35-28(29(24)39-31)18-10-17(11-20(32)12-18)14-36-45(2,43)44/h6-13,15-16,36H,3-5,14H2,1-2H3,(H,37,42)(H,38,39)(H,40,41). The fourth-order valence-corrected chi connectivity index (χ4v) is 5.47. The molecule has 0 radical (unpaired) electrons. The minimum Gasteiger partial charge on any atom is -0.336 e. The van der Waals surface area contributed by atoms with Crippen LogP contribution in [0.5, 0.6) is 0 Å². The predicted octanol–water partition coefficient (Wildman–Crippen LogP) is 5.69. The van der Waals surface area contributed by atoms with Gasteiger partial charge >= 0.3 is 0 Å². The largest absolute Gasteiger partial charge is 0.336 e. The summed E-state index contributed by atoms with van der Waals surface area (Å²) in [5.41, 5.74) is 3.94. The number of pyridine rings is 2. The fraction of sp³-hybridized carbons (Fsp3) is 0.194. The first-order valence-electron chi connectivity index (χ1n) is 14.1. The smallest absolute Gasteiger partial charge is 0.224 e. The highest BCUT2D eigenvalue weighted by Crippen LogP contribution is 2.35. The van der Waals surface area contributed by atoms with Crippen LogP contribution in [0, 0.1) is 11.6 Å². The molecule has 0 atom stereocenters. The number of carbonyl (C=O) groups excluding carboxylic acids is 1. The maximum absolute atomic E-state index is 16.2. The summed E-state index contributed by atoms with van der Waals surface area (Å²) in [5, 5.41) is 10.2. The molecule has 6 aromatic rings. The van der Waals surface area contributed by atoms with E-state index in [0.29, 0.717) is 51.0 Å². The third kappa shape index (κ3) is 6.42. The van der Waals surface area contributed by atoms with E-state index in [2.05, 4.69) is 40.2 Å². The van der Waals surface area contributed by atoms with E-state index in [-0.39, 0.29) is 34.9 Å². The van der Waals surface area contributed by atoms with Gasteiger partial charge in [-0.15, -0.1) is 0 Å². The second-order valence-electron chi connectivity index (χ2n) is 10.6. The molecule has 6 rings (SSSR count). The number of unbranched alkanes of at least 4 members (excludes halogenated alkanes) is 1. The number of hydrogen-bond donors (Lipinski definition) is 4. The Bertz CT molecular complexity index is 2180. The summed E-state index contributed by atoms with van der Waals surface area (Å²) in [4.78, 5) is 28.7. The van der Waals surface area contributed by atoms with Gasteiger partial charge in [0.2, 0.25) is 15.9 Å². The van der Waals surface area contributed by atoms with E-state index in [1.54, 1.807) is 30.3 Å². The molecule has 0 bridgehead atoms. The molecular weight excluding hydrogens is 602 g/mol. The average Bonchev–Trinajstić information content (AvgIpc) is 3.63. The van der Waals surface area contributed by atoms with Gasteiger partial charge in [0.1, 0.15) is 22.8 Å². The number of hydrogen-bond acceptors (Lipinski definition) is 7. The van der Waals surface area contributed by atoms with E-state index in [0.717, 1.165) is 19.1 Å². The summed E-state index contributed by atoms with van der Waals surface area (Å²) in [6.45, 7) is 1.90. The molecule has 0 saturated carbocycles. The van der Waals surface area contributed by atoms with Gasteiger partial charge in [-0.3, -0.25) is 19.9 Å². The van der Waals surface area contributed by atoms with Crippen molar-refractivity contribution in [2.75, 3.05) is 11.6 Å². The minimum absolute atomic E-state index is 0.101. The van der Waals surface area contributed by atoms with Crippen molar-refractivity contribution in [3.05, 3.63) is 78.3 Å². The maximum atomic E-state index is 16.2. The van der Waals surface area contributed by atoms with Crippen molar-refractivity contribution < 1.29 is 22.0 Å². The second-order valence-corrected chi connectivity index (χ2v) is 12.5. The number of fused-ring (bicyclic) bond motifs is 2. The van der Waals surface area contributed by atoms with Crippen LogP contribution in [0.1, 0.15) is 31.7 Å². The van der Waals surface area contributed by atoms with Crippen molar-refractivity contribution in [3.63, 3.8) is 0 Å². The molecule has 4 aromatic heterocycles. The first-order chi connectivity index (χ1) is 21.6. The van der Waals surface area contributed by atoms with Crippen LogP contribution in [0.3, 0.4) is 0 Å². The Kier molecular flexibility index (Phi) is 8.08. The Morgan fingerprint density at radius 3 is 2.64 bits per heavy atom. The fourth-order valence-electron chi connectivity index (χ4n) is 5.05. The van der Waals surface area contributed by atoms with Crippen molar-refractivity contribution in [3.8, 4) is 33.9 Å². The van der Waals surface area contributed by atoms with Crippen LogP contribution < -0.4 is 10.0 Å². The van der Waals surface area contributed by atoms with Gasteiger partial charge in [0, 0.05) is 42.0 Å². The van der Waals surface area contributed by atoms with E-state index < -0.39 is 21.7 Å². The Morgan fingerprint density at radius 1 is 1.00 bits per heavy atom. The number of rotatable bonds is 10. The molecule has 0 fully saturated rings. The van der Waals surface area contributed by atoms with Gasteiger partial charge in [0.25, 0.3) is 0 Å². The van der Waals surface area contributed by atoms with Crippen molar-refractivity contribution in [2.45, 2.75) is 32.7 Å². The number of nitrogens with zero attached hydrogens (tertiary/aromatic N) is 4. The molecule has 2 aromatic carbocycles. The number of amides is 1. The van der Waals surface area contributed by atoms with Crippen molar-refractivity contribution >= 4 is 43.6 Å². The summed E-state index contributed by atoms with van der Waals surface area (Å²) in [6, 6.07) is 10.8. The molecule has 0 spiro atoms. The number of aromatic amines is 2. The van der Waals surface area contributed by atoms with Crippen LogP contribution in [0.4, 0.5) is 14.5 Å². The Hall–Kier alpha value is -5.08. The monoisotopic (exact) mass is 630 g/mol. The Balaban J connectivity index is 1.38. The zero-order valence-electron chi connectivity index (χ0n) is 24.3. The topological polar surface area (TPSA) is 158 Å². The predicted molar refractivity (Wildman–Crippen MR) is 167 cm³/mol. The van der Waals surface area contributed by atoms with E-state index in [9.17, 15) is 17.6 Å². The third-order valence-corrected chi connectivity index (χ3v) is 7.82. The molecule has 4 N–H and O–H groups in total. The number of benzene rings is 2. The first-order valence-corrected chi connectivity index (χ1v) is 16.0. The van der Waals surface area contributed by atoms with Gasteiger partial charge in [-0.05, 0) is 54.4 Å². The van der Waals surface area contributed by atoms with Crippen LogP contribution >= 0.6 is 0 Å². The molecular formula is C31H28F2N8O3S. The number of aromatic nitrogens is 6. The van der Waals surface area contributed by atoms with Gasteiger partial charge in [0.05, 0.1) is 40.3 Å². The molecule has 0 unspecified atom stereocenters. The number of imidazole rings is 1. The molecule has 14 heteroatoms. The van der Waals surface area contributed by atoms with E-state index >= 15 is 4.39 Å². The summed E-state index contributed by atoms with van der Waals surface area (Å²) < 4.78 is 56.3. The first kappa shape index (κ1) is 30.0. The molecule has 1 amide bonds. The molecule has 0 saturated heterocycles. The highest BCUT2D eigenvalue weighted by Gasteiger charge is 2.21. The molecule has 11 nitrogen and oxygen atoms in total. The molecule has 4 heterocycles. The summed E-state index contributed by atoms with van der Waals surface area (Å²) in [7, 11) is -3.49. The normalized spacial score (nSPS) is 11.8. The number of sulfonamides is 1. The van der Waals surface area contributed by atoms with Crippen LogP contribution in [-0.2, 0) is 21.4 Å². The summed E-state index contributed by atoms with van der Waals surface area (Å²) >= 11 is 0. The SMILES string of the molecule is CCCCC(=O)Nc1cncc(-c2ccc3[nH]nc(-c4nc5c(-c6cc(F)cc(CNS(C)(=O)=O)c6)nccc5[nH]4)c3c2F)c1. The lowest BCUT2D eigenvalue weighted by molar-refractivity contribution is -0.116. The van der Waals surface area contributed by atoms with Crippen molar-refractivity contribution in [2.24, 2.45) is 0 Å². The lowest BCUT2D eigenvalue weighted by Gasteiger charge is -2.08. The van der Waals surface area contributed by atoms with Gasteiger partial charge in [-0.25, -0.2) is 26.9 Å². The molecule has 0 aliphatic carbocycles. The number of H-pyrrole nitrogens is 2. The van der Waals surface area contributed by atoms with Crippen LogP contribution in [0.25, 0.3) is 55.8 Å². The van der Waals surface area contributed by atoms with E-state index in [1.807, 2.05) is 6.92 Å². The van der Waals surface area contributed by atoms with Crippen LogP contribution in [0.2, 0.25) is 0 Å². The molecule has 0 aliphatic heterocycles. The third-order valence-electron chi connectivity index (χ3n) is 7.15. The van der Waals surface area contributed by atoms with Crippen molar-refractivity contribution in [1.82, 2.24) is 34.9 Å². The number of anilines is 1. The van der Waals surface area contributed by atoms with E-state index in [1.165, 1.54) is 30.7 Å². The van der Waals surface area contributed by atoms with Crippen LogP contribution in [-0.4, -0.2) is 50.7 Å². The maximum Gasteiger partial charge on any atom is 0.224 e. The molecule has 0 aliphatic rings. The second kappa shape index (κ2) is 12.1. The molecule has 230 valence electrons. The molecule has 45 heavy (non-hydrogen) atoms. The van der Waals surface area contributed by atoms with Gasteiger partial charge in [-0.2, -0.15) is 5.10 Å². The summed E-state index contributed by atoms with van der Waals surface area (Å²) in [6.07, 6.45) is 7.62. The minimum atomic E-state index is -3.49. The summed E-state index contributed by atoms with van der Waals surface area (Å²) in [5.74, 6) is -1.01. The highest BCUT2D eigenvalue weighted by molar-refractivity contribution is 7.88. The van der Waals surface area contributed by atoms with Gasteiger partial charge in [0.15, 0.2) is 5.82 Å². The number of carbonyl (C=O) groups is 1. The lowest BCUT2D eigenvalue weighted by Crippen LogP contribution is -2.21. The zero-order valence-corrected chi connectivity index (χ0v) is 25.1. The number of halogens is 2. The Morgan fingerprint density at radius 2 is 1.84 bits per heavy atom. The number of nitrogens with one attached hydrogen (secondary N) is 4.